The van der Waals surface area contributed by atoms with Gasteiger partial charge in [0.1, 0.15) is 5.82 Å². The molecule has 2 saturated carbocycles. The summed E-state index contributed by atoms with van der Waals surface area (Å²) in [5.74, 6) is 1.80. The second-order valence-electron chi connectivity index (χ2n) is 8.04. The molecular weight excluding hydrogens is 249 g/mol. The van der Waals surface area contributed by atoms with E-state index in [-0.39, 0.29) is 16.8 Å². The van der Waals surface area contributed by atoms with E-state index >= 15 is 0 Å². The Bertz CT molecular complexity index is 478. The van der Waals surface area contributed by atoms with E-state index in [2.05, 4.69) is 26.1 Å². The van der Waals surface area contributed by atoms with Crippen LogP contribution in [-0.4, -0.2) is 12.1 Å². The predicted octanol–water partition coefficient (Wildman–Crippen LogP) is 4.17. The zero-order valence-corrected chi connectivity index (χ0v) is 12.9. The van der Waals surface area contributed by atoms with Crippen molar-refractivity contribution in [1.82, 2.24) is 5.32 Å². The lowest BCUT2D eigenvalue weighted by Gasteiger charge is -2.35. The summed E-state index contributed by atoms with van der Waals surface area (Å²) in [6.07, 6.45) is 4.84. The molecule has 1 aromatic carbocycles. The van der Waals surface area contributed by atoms with Gasteiger partial charge in [-0.25, -0.2) is 4.39 Å². The van der Waals surface area contributed by atoms with Crippen molar-refractivity contribution in [3.63, 3.8) is 0 Å². The summed E-state index contributed by atoms with van der Waals surface area (Å²) >= 11 is 0. The minimum Gasteiger partial charge on any atom is -0.312 e. The van der Waals surface area contributed by atoms with Crippen molar-refractivity contribution >= 4 is 0 Å². The topological polar surface area (TPSA) is 12.0 Å². The number of fused-ring (bicyclic) bond motifs is 1. The van der Waals surface area contributed by atoms with E-state index < -0.39 is 0 Å². The molecular formula is C18H26FN. The Balaban J connectivity index is 1.75. The van der Waals surface area contributed by atoms with E-state index in [1.807, 2.05) is 12.1 Å². The van der Waals surface area contributed by atoms with Gasteiger partial charge in [0.25, 0.3) is 0 Å². The summed E-state index contributed by atoms with van der Waals surface area (Å²) in [5, 5.41) is 3.66. The van der Waals surface area contributed by atoms with Crippen LogP contribution in [0.25, 0.3) is 0 Å². The van der Waals surface area contributed by atoms with E-state index in [9.17, 15) is 4.39 Å². The Morgan fingerprint density at radius 3 is 2.45 bits per heavy atom. The molecule has 3 rings (SSSR count). The lowest BCUT2D eigenvalue weighted by molar-refractivity contribution is 0.220. The molecule has 1 aromatic rings. The van der Waals surface area contributed by atoms with Crippen LogP contribution in [-0.2, 0) is 6.42 Å². The van der Waals surface area contributed by atoms with Gasteiger partial charge >= 0.3 is 0 Å². The first-order valence-corrected chi connectivity index (χ1v) is 7.85. The maximum Gasteiger partial charge on any atom is 0.126 e. The molecule has 110 valence electrons. The molecule has 1 N–H and O–H groups in total. The lowest BCUT2D eigenvalue weighted by atomic mass is 9.77. The molecule has 0 aromatic heterocycles. The van der Waals surface area contributed by atoms with Gasteiger partial charge in [0.2, 0.25) is 0 Å². The summed E-state index contributed by atoms with van der Waals surface area (Å²) in [5.41, 5.74) is 1.29. The molecule has 2 fully saturated rings. The first-order valence-electron chi connectivity index (χ1n) is 7.85. The molecule has 0 bridgehead atoms. The summed E-state index contributed by atoms with van der Waals surface area (Å²) < 4.78 is 14.0. The molecule has 0 radical (unpaired) electrons. The van der Waals surface area contributed by atoms with Crippen molar-refractivity contribution in [2.45, 2.75) is 52.0 Å². The Morgan fingerprint density at radius 1 is 1.20 bits per heavy atom. The van der Waals surface area contributed by atoms with Crippen molar-refractivity contribution in [3.8, 4) is 0 Å². The van der Waals surface area contributed by atoms with Crippen molar-refractivity contribution in [3.05, 3.63) is 35.6 Å². The fraction of sp³-hybridized carbons (Fsp3) is 0.667. The second-order valence-corrected chi connectivity index (χ2v) is 8.04. The molecule has 2 aliphatic rings. The molecule has 0 amide bonds. The van der Waals surface area contributed by atoms with Gasteiger partial charge in [0.05, 0.1) is 0 Å². The molecule has 2 heteroatoms. The molecule has 0 saturated heterocycles. The number of benzene rings is 1. The van der Waals surface area contributed by atoms with E-state index in [0.717, 1.165) is 30.4 Å². The van der Waals surface area contributed by atoms with Crippen molar-refractivity contribution < 1.29 is 4.39 Å². The first kappa shape index (κ1) is 14.1. The maximum atomic E-state index is 14.0. The third-order valence-corrected chi connectivity index (χ3v) is 4.98. The third-order valence-electron chi connectivity index (χ3n) is 4.98. The Kier molecular flexibility index (Phi) is 3.40. The summed E-state index contributed by atoms with van der Waals surface area (Å²) in [4.78, 5) is 0. The number of nitrogens with one attached hydrogen (secondary N) is 1. The molecule has 2 aliphatic carbocycles. The van der Waals surface area contributed by atoms with E-state index in [1.54, 1.807) is 12.1 Å². The van der Waals surface area contributed by atoms with Gasteiger partial charge in [-0.1, -0.05) is 18.2 Å². The zero-order chi connectivity index (χ0) is 14.4. The van der Waals surface area contributed by atoms with Crippen molar-refractivity contribution in [2.75, 3.05) is 6.54 Å². The average Bonchev–Trinajstić information content (AvgIpc) is 2.98. The molecule has 0 aliphatic heterocycles. The van der Waals surface area contributed by atoms with Crippen LogP contribution >= 0.6 is 0 Å². The van der Waals surface area contributed by atoms with E-state index in [0.29, 0.717) is 0 Å². The normalized spacial score (nSPS) is 32.2. The zero-order valence-electron chi connectivity index (χ0n) is 12.9. The van der Waals surface area contributed by atoms with Crippen LogP contribution in [0.1, 0.15) is 45.6 Å². The minimum absolute atomic E-state index is 0.0387. The third kappa shape index (κ3) is 3.06. The van der Waals surface area contributed by atoms with Crippen LogP contribution in [0, 0.1) is 23.1 Å². The van der Waals surface area contributed by atoms with Crippen LogP contribution < -0.4 is 5.32 Å². The van der Waals surface area contributed by atoms with Crippen LogP contribution in [0.3, 0.4) is 0 Å². The van der Waals surface area contributed by atoms with Crippen LogP contribution in [0.15, 0.2) is 24.3 Å². The molecule has 2 unspecified atom stereocenters. The molecule has 2 atom stereocenters. The highest BCUT2D eigenvalue weighted by atomic mass is 19.1. The van der Waals surface area contributed by atoms with Gasteiger partial charge in [0.15, 0.2) is 0 Å². The van der Waals surface area contributed by atoms with E-state index in [1.165, 1.54) is 19.3 Å². The van der Waals surface area contributed by atoms with Crippen LogP contribution in [0.4, 0.5) is 4.39 Å². The van der Waals surface area contributed by atoms with Gasteiger partial charge in [-0.05, 0) is 75.3 Å². The smallest absolute Gasteiger partial charge is 0.126 e. The van der Waals surface area contributed by atoms with Crippen LogP contribution in [0.2, 0.25) is 0 Å². The quantitative estimate of drug-likeness (QED) is 0.869. The molecule has 20 heavy (non-hydrogen) atoms. The monoisotopic (exact) mass is 275 g/mol. The fourth-order valence-corrected chi connectivity index (χ4v) is 3.86. The Morgan fingerprint density at radius 2 is 1.85 bits per heavy atom. The SMILES string of the molecule is CC(C)(C)NCC1(Cc2ccccc2F)CC2CC2C1. The van der Waals surface area contributed by atoms with Crippen LogP contribution in [0.5, 0.6) is 0 Å². The maximum absolute atomic E-state index is 14.0. The standard InChI is InChI=1S/C18H26FN/c1-17(2,3)20-12-18(10-14-8-15(14)11-18)9-13-6-4-5-7-16(13)19/h4-7,14-15,20H,8-12H2,1-3H3. The highest BCUT2D eigenvalue weighted by Gasteiger charge is 2.53. The predicted molar refractivity (Wildman–Crippen MR) is 81.1 cm³/mol. The Hall–Kier alpha value is -0.890. The van der Waals surface area contributed by atoms with E-state index in [4.69, 9.17) is 0 Å². The Labute approximate surface area is 122 Å². The molecule has 0 heterocycles. The average molecular weight is 275 g/mol. The largest absolute Gasteiger partial charge is 0.312 e. The highest BCUT2D eigenvalue weighted by molar-refractivity contribution is 5.21. The van der Waals surface area contributed by atoms with Gasteiger partial charge < -0.3 is 5.32 Å². The molecule has 1 nitrogen and oxygen atoms in total. The van der Waals surface area contributed by atoms with Gasteiger partial charge in [-0.2, -0.15) is 0 Å². The number of halogens is 1. The summed E-state index contributed by atoms with van der Waals surface area (Å²) in [6.45, 7) is 7.64. The summed E-state index contributed by atoms with van der Waals surface area (Å²) in [6, 6.07) is 7.29. The highest BCUT2D eigenvalue weighted by Crippen LogP contribution is 2.60. The lowest BCUT2D eigenvalue weighted by Crippen LogP contribution is -2.44. The number of hydrogen-bond acceptors (Lipinski definition) is 1. The number of hydrogen-bond donors (Lipinski definition) is 1. The second kappa shape index (κ2) is 4.84. The summed E-state index contributed by atoms with van der Waals surface area (Å²) in [7, 11) is 0. The van der Waals surface area contributed by atoms with Crippen molar-refractivity contribution in [1.29, 1.82) is 0 Å². The van der Waals surface area contributed by atoms with Gasteiger partial charge in [0, 0.05) is 12.1 Å². The minimum atomic E-state index is -0.0387. The first-order chi connectivity index (χ1) is 9.37. The fourth-order valence-electron chi connectivity index (χ4n) is 3.86. The number of rotatable bonds is 4. The van der Waals surface area contributed by atoms with Gasteiger partial charge in [-0.15, -0.1) is 0 Å². The molecule has 0 spiro atoms. The van der Waals surface area contributed by atoms with Crippen molar-refractivity contribution in [2.24, 2.45) is 17.3 Å². The van der Waals surface area contributed by atoms with Gasteiger partial charge in [-0.3, -0.25) is 0 Å².